The van der Waals surface area contributed by atoms with Crippen LogP contribution in [-0.4, -0.2) is 41.6 Å². The largest absolute Gasteiger partial charge is 0.480 e. The zero-order chi connectivity index (χ0) is 35.3. The fraction of sp³-hybridized carbons (Fsp3) is 0.683. The Kier molecular flexibility index (Phi) is 33.2. The van der Waals surface area contributed by atoms with Crippen LogP contribution < -0.4 is 11.1 Å². The number of ether oxygens (including phenoxy) is 1. The normalized spacial score (nSPS) is 13.4. The minimum atomic E-state index is -1.01. The third-order valence-corrected chi connectivity index (χ3v) is 8.06. The van der Waals surface area contributed by atoms with E-state index in [1.54, 1.807) is 0 Å². The number of aliphatic carboxylic acids is 1. The van der Waals surface area contributed by atoms with E-state index in [1.165, 1.54) is 38.5 Å². The van der Waals surface area contributed by atoms with Gasteiger partial charge in [0.1, 0.15) is 12.1 Å². The van der Waals surface area contributed by atoms with Gasteiger partial charge in [0.25, 0.3) is 0 Å². The summed E-state index contributed by atoms with van der Waals surface area (Å²) < 4.78 is 5.88. The van der Waals surface area contributed by atoms with Gasteiger partial charge in [-0.15, -0.1) is 0 Å². The Morgan fingerprint density at radius 3 is 1.85 bits per heavy atom. The smallest absolute Gasteiger partial charge is 0.326 e. The molecule has 7 nitrogen and oxygen atoms in total. The minimum absolute atomic E-state index is 0.141. The molecule has 0 fully saturated rings. The van der Waals surface area contributed by atoms with Crippen molar-refractivity contribution in [2.24, 2.45) is 5.73 Å². The van der Waals surface area contributed by atoms with Gasteiger partial charge in [0.2, 0.25) is 5.91 Å². The molecule has 0 aromatic carbocycles. The van der Waals surface area contributed by atoms with Gasteiger partial charge in [0.15, 0.2) is 0 Å². The van der Waals surface area contributed by atoms with Crippen LogP contribution in [0.4, 0.5) is 0 Å². The lowest BCUT2D eigenvalue weighted by Crippen LogP contribution is -2.40. The van der Waals surface area contributed by atoms with E-state index in [1.807, 2.05) is 0 Å². The van der Waals surface area contributed by atoms with E-state index in [0.29, 0.717) is 38.6 Å². The van der Waals surface area contributed by atoms with Gasteiger partial charge in [0, 0.05) is 12.8 Å². The number of nitrogens with one attached hydrogen (secondary N) is 1. The van der Waals surface area contributed by atoms with Crippen molar-refractivity contribution >= 4 is 17.8 Å². The van der Waals surface area contributed by atoms with Crippen LogP contribution in [0.2, 0.25) is 0 Å². The predicted octanol–water partition coefficient (Wildman–Crippen LogP) is 10.2. The molecule has 4 N–H and O–H groups in total. The van der Waals surface area contributed by atoms with E-state index < -0.39 is 12.0 Å². The zero-order valence-corrected chi connectivity index (χ0v) is 30.6. The molecule has 0 aliphatic heterocycles. The lowest BCUT2D eigenvalue weighted by Gasteiger charge is -2.15. The van der Waals surface area contributed by atoms with Gasteiger partial charge in [-0.2, -0.15) is 0 Å². The van der Waals surface area contributed by atoms with Gasteiger partial charge in [0.05, 0.1) is 0 Å². The molecular formula is C41H70N2O5. The number of esters is 1. The second-order valence-electron chi connectivity index (χ2n) is 12.6. The van der Waals surface area contributed by atoms with Crippen LogP contribution in [0.5, 0.6) is 0 Å². The summed E-state index contributed by atoms with van der Waals surface area (Å²) in [5, 5.41) is 11.9. The maximum atomic E-state index is 12.6. The average Bonchev–Trinajstić information content (AvgIpc) is 3.07. The van der Waals surface area contributed by atoms with Crippen LogP contribution in [0.15, 0.2) is 60.8 Å². The van der Waals surface area contributed by atoms with Crippen molar-refractivity contribution in [3.8, 4) is 0 Å². The standard InChI is InChI=1S/C41H70N2O5/c1-3-5-7-9-11-13-14-15-16-17-19-25-29-35-40(45)48-37(31-26-22-18-12-10-8-6-4-2)32-27-23-20-21-24-28-34-39(44)43-38(41(46)47)33-30-36-42/h5,7,11,13,15-16,19,25-26,31,37-38H,3-4,6,8-10,12,14,17-18,20-24,27-30,32-36,42H2,1-2H3,(H,43,44)(H,46,47)/b7-5-,13-11-,16-15-,25-19-,31-26-. The number of carbonyl (C=O) groups excluding carboxylic acids is 2. The topological polar surface area (TPSA) is 119 Å². The van der Waals surface area contributed by atoms with Crippen molar-refractivity contribution in [2.75, 3.05) is 6.54 Å². The van der Waals surface area contributed by atoms with Crippen molar-refractivity contribution in [3.63, 3.8) is 0 Å². The molecule has 0 aromatic rings. The number of hydrogen-bond donors (Lipinski definition) is 3. The third kappa shape index (κ3) is 31.7. The summed E-state index contributed by atoms with van der Waals surface area (Å²) in [4.78, 5) is 36.1. The molecule has 48 heavy (non-hydrogen) atoms. The quantitative estimate of drug-likeness (QED) is 0.0363. The first-order valence-electron chi connectivity index (χ1n) is 19.1. The SMILES string of the molecule is CC/C=C\C/C=C\C/C=C\C/C=C\CCC(=O)OC(/C=C\CCCCCCCC)CCCCCCCCC(=O)NC(CCCN)C(=O)O. The van der Waals surface area contributed by atoms with E-state index in [9.17, 15) is 19.5 Å². The zero-order valence-electron chi connectivity index (χ0n) is 30.6. The van der Waals surface area contributed by atoms with Crippen molar-refractivity contribution < 1.29 is 24.2 Å². The molecule has 0 saturated heterocycles. The van der Waals surface area contributed by atoms with Crippen molar-refractivity contribution in [1.29, 1.82) is 0 Å². The van der Waals surface area contributed by atoms with Crippen molar-refractivity contribution in [3.05, 3.63) is 60.8 Å². The van der Waals surface area contributed by atoms with Crippen LogP contribution in [0, 0.1) is 0 Å². The van der Waals surface area contributed by atoms with Gasteiger partial charge in [-0.3, -0.25) is 9.59 Å². The predicted molar refractivity (Wildman–Crippen MR) is 202 cm³/mol. The molecule has 2 unspecified atom stereocenters. The van der Waals surface area contributed by atoms with E-state index in [-0.39, 0.29) is 18.0 Å². The van der Waals surface area contributed by atoms with Crippen LogP contribution >= 0.6 is 0 Å². The highest BCUT2D eigenvalue weighted by atomic mass is 16.5. The number of nitrogens with two attached hydrogens (primary N) is 1. The Morgan fingerprint density at radius 1 is 0.646 bits per heavy atom. The number of amides is 1. The molecule has 0 heterocycles. The summed E-state index contributed by atoms with van der Waals surface area (Å²) in [5.74, 6) is -1.36. The summed E-state index contributed by atoms with van der Waals surface area (Å²) in [6.45, 7) is 4.79. The van der Waals surface area contributed by atoms with E-state index in [2.05, 4.69) is 79.9 Å². The third-order valence-electron chi connectivity index (χ3n) is 8.06. The Hall–Kier alpha value is -2.93. The first kappa shape index (κ1) is 45.1. The molecule has 0 spiro atoms. The Bertz CT molecular complexity index is 937. The van der Waals surface area contributed by atoms with Crippen LogP contribution in [0.1, 0.15) is 162 Å². The second kappa shape index (κ2) is 35.4. The summed E-state index contributed by atoms with van der Waals surface area (Å²) in [7, 11) is 0. The molecule has 0 saturated carbocycles. The van der Waals surface area contributed by atoms with Crippen LogP contribution in [0.3, 0.4) is 0 Å². The maximum Gasteiger partial charge on any atom is 0.326 e. The summed E-state index contributed by atoms with van der Waals surface area (Å²) in [6, 6.07) is -0.859. The number of carboxylic acids is 1. The monoisotopic (exact) mass is 671 g/mol. The molecule has 0 aliphatic rings. The molecular weight excluding hydrogens is 600 g/mol. The second-order valence-corrected chi connectivity index (χ2v) is 12.6. The highest BCUT2D eigenvalue weighted by Crippen LogP contribution is 2.15. The molecule has 2 atom stereocenters. The Morgan fingerprint density at radius 2 is 1.23 bits per heavy atom. The maximum absolute atomic E-state index is 12.6. The van der Waals surface area contributed by atoms with Gasteiger partial charge >= 0.3 is 11.9 Å². The van der Waals surface area contributed by atoms with E-state index >= 15 is 0 Å². The summed E-state index contributed by atoms with van der Waals surface area (Å²) in [6.07, 6.45) is 42.8. The number of carboxylic acid groups (broad SMARTS) is 1. The molecule has 0 aromatic heterocycles. The van der Waals surface area contributed by atoms with Crippen molar-refractivity contribution in [2.45, 2.75) is 174 Å². The Balaban J connectivity index is 4.42. The number of rotatable bonds is 33. The van der Waals surface area contributed by atoms with E-state index in [0.717, 1.165) is 77.0 Å². The Labute approximate surface area is 293 Å². The molecule has 274 valence electrons. The number of unbranched alkanes of at least 4 members (excludes halogenated alkanes) is 11. The van der Waals surface area contributed by atoms with Crippen LogP contribution in [-0.2, 0) is 19.1 Å². The summed E-state index contributed by atoms with van der Waals surface area (Å²) in [5.41, 5.74) is 5.46. The van der Waals surface area contributed by atoms with Gasteiger partial charge in [-0.1, -0.05) is 126 Å². The minimum Gasteiger partial charge on any atom is -0.480 e. The molecule has 0 rings (SSSR count). The summed E-state index contributed by atoms with van der Waals surface area (Å²) >= 11 is 0. The molecule has 1 amide bonds. The van der Waals surface area contributed by atoms with Crippen LogP contribution in [0.25, 0.3) is 0 Å². The first-order chi connectivity index (χ1) is 23.4. The lowest BCUT2D eigenvalue weighted by atomic mass is 10.0. The highest BCUT2D eigenvalue weighted by Gasteiger charge is 2.18. The number of hydrogen-bond acceptors (Lipinski definition) is 5. The highest BCUT2D eigenvalue weighted by molar-refractivity contribution is 5.83. The molecule has 0 radical (unpaired) electrons. The molecule has 0 aliphatic carbocycles. The van der Waals surface area contributed by atoms with Gasteiger partial charge < -0.3 is 20.9 Å². The average molecular weight is 671 g/mol. The first-order valence-corrected chi connectivity index (χ1v) is 19.1. The molecule has 0 bridgehead atoms. The lowest BCUT2D eigenvalue weighted by molar-refractivity contribution is -0.147. The number of carbonyl (C=O) groups is 3. The molecule has 7 heteroatoms. The van der Waals surface area contributed by atoms with E-state index in [4.69, 9.17) is 10.5 Å². The van der Waals surface area contributed by atoms with Gasteiger partial charge in [-0.25, -0.2) is 4.79 Å². The van der Waals surface area contributed by atoms with Gasteiger partial charge in [-0.05, 0) is 89.7 Å². The fourth-order valence-corrected chi connectivity index (χ4v) is 5.20. The van der Waals surface area contributed by atoms with Crippen molar-refractivity contribution in [1.82, 2.24) is 5.32 Å². The number of allylic oxidation sites excluding steroid dienone is 9. The fourth-order valence-electron chi connectivity index (χ4n) is 5.20.